The Balaban J connectivity index is 0.00000441. The molecule has 0 radical (unpaired) electrons. The molecule has 22 heavy (non-hydrogen) atoms. The molecule has 0 aromatic heterocycles. The first kappa shape index (κ1) is 21.6. The molecule has 0 atom stereocenters. The fourth-order valence-corrected chi connectivity index (χ4v) is 1.92. The molecule has 1 aromatic rings. The van der Waals surface area contributed by atoms with Crippen molar-refractivity contribution >= 4 is 45.9 Å². The van der Waals surface area contributed by atoms with Crippen molar-refractivity contribution in [2.45, 2.75) is 26.8 Å². The maximum absolute atomic E-state index is 13.4. The number of nitrogens with one attached hydrogen (secondary N) is 2. The first-order valence-corrected chi connectivity index (χ1v) is 8.00. The molecule has 1 rings (SSSR count). The monoisotopic (exact) mass is 487 g/mol. The summed E-state index contributed by atoms with van der Waals surface area (Å²) < 4.78 is 19.2. The van der Waals surface area contributed by atoms with Crippen molar-refractivity contribution in [1.29, 1.82) is 0 Å². The number of rotatable bonds is 8. The van der Waals surface area contributed by atoms with Crippen molar-refractivity contribution in [2.75, 3.05) is 26.3 Å². The Morgan fingerprint density at radius 1 is 1.32 bits per heavy atom. The average molecular weight is 488 g/mol. The van der Waals surface area contributed by atoms with E-state index in [1.165, 1.54) is 6.07 Å². The van der Waals surface area contributed by atoms with Crippen LogP contribution in [0.5, 0.6) is 0 Å². The van der Waals surface area contributed by atoms with Crippen LogP contribution in [0.2, 0.25) is 0 Å². The van der Waals surface area contributed by atoms with Crippen molar-refractivity contribution in [3.63, 3.8) is 0 Å². The summed E-state index contributed by atoms with van der Waals surface area (Å²) in [6.07, 6.45) is 0.922. The van der Waals surface area contributed by atoms with Crippen molar-refractivity contribution in [1.82, 2.24) is 10.6 Å². The molecular weight excluding hydrogens is 464 g/mol. The van der Waals surface area contributed by atoms with Gasteiger partial charge in [0.2, 0.25) is 0 Å². The number of halogens is 3. The van der Waals surface area contributed by atoms with Gasteiger partial charge in [0.05, 0.1) is 11.0 Å². The van der Waals surface area contributed by atoms with E-state index in [4.69, 9.17) is 4.74 Å². The minimum absolute atomic E-state index is 0. The summed E-state index contributed by atoms with van der Waals surface area (Å²) in [4.78, 5) is 4.44. The third-order valence-corrected chi connectivity index (χ3v) is 3.35. The zero-order chi connectivity index (χ0) is 15.5. The summed E-state index contributed by atoms with van der Waals surface area (Å²) in [6.45, 7) is 7.48. The molecule has 0 saturated heterocycles. The number of aliphatic imine (C=N–C) groups is 1. The fraction of sp³-hybridized carbons (Fsp3) is 0.533. The Labute approximate surface area is 157 Å². The molecule has 0 saturated carbocycles. The second kappa shape index (κ2) is 13.1. The Morgan fingerprint density at radius 2 is 2.09 bits per heavy atom. The fourth-order valence-electron chi connectivity index (χ4n) is 1.68. The molecule has 0 bridgehead atoms. The van der Waals surface area contributed by atoms with Gasteiger partial charge in [-0.05, 0) is 53.9 Å². The van der Waals surface area contributed by atoms with Gasteiger partial charge in [-0.2, -0.15) is 0 Å². The van der Waals surface area contributed by atoms with Crippen molar-refractivity contribution in [3.8, 4) is 0 Å². The third-order valence-electron chi connectivity index (χ3n) is 2.71. The lowest BCUT2D eigenvalue weighted by atomic mass is 10.2. The van der Waals surface area contributed by atoms with Crippen LogP contribution >= 0.6 is 39.9 Å². The minimum Gasteiger partial charge on any atom is -0.382 e. The highest BCUT2D eigenvalue weighted by Crippen LogP contribution is 2.16. The van der Waals surface area contributed by atoms with Gasteiger partial charge in [-0.25, -0.2) is 9.38 Å². The van der Waals surface area contributed by atoms with Crippen LogP contribution in [0.15, 0.2) is 27.7 Å². The molecule has 0 spiro atoms. The maximum atomic E-state index is 13.4. The van der Waals surface area contributed by atoms with Crippen molar-refractivity contribution in [3.05, 3.63) is 34.1 Å². The quantitative estimate of drug-likeness (QED) is 0.254. The predicted octanol–water partition coefficient (Wildman–Crippen LogP) is 3.69. The number of hydrogen-bond acceptors (Lipinski definition) is 2. The van der Waals surface area contributed by atoms with Gasteiger partial charge in [0.15, 0.2) is 5.96 Å². The van der Waals surface area contributed by atoms with Gasteiger partial charge in [0.25, 0.3) is 0 Å². The molecule has 7 heteroatoms. The van der Waals surface area contributed by atoms with Crippen molar-refractivity contribution in [2.24, 2.45) is 4.99 Å². The Kier molecular flexibility index (Phi) is 12.8. The second-order valence-corrected chi connectivity index (χ2v) is 5.28. The number of benzene rings is 1. The summed E-state index contributed by atoms with van der Waals surface area (Å²) >= 11 is 3.14. The highest BCUT2D eigenvalue weighted by Gasteiger charge is 2.01. The topological polar surface area (TPSA) is 45.7 Å². The van der Waals surface area contributed by atoms with E-state index < -0.39 is 0 Å². The van der Waals surface area contributed by atoms with Gasteiger partial charge < -0.3 is 15.4 Å². The van der Waals surface area contributed by atoms with Crippen LogP contribution in [0.3, 0.4) is 0 Å². The number of hydrogen-bond donors (Lipinski definition) is 2. The normalized spacial score (nSPS) is 11.0. The van der Waals surface area contributed by atoms with Gasteiger partial charge >= 0.3 is 0 Å². The minimum atomic E-state index is -0.266. The first-order chi connectivity index (χ1) is 10.2. The molecule has 1 aromatic carbocycles. The maximum Gasteiger partial charge on any atom is 0.191 e. The standard InChI is InChI=1S/C15H23BrFN3O.HI/c1-3-18-15(19-8-5-9-21-4-2)20-11-12-6-7-13(16)14(17)10-12;/h6-7,10H,3-5,8-9,11H2,1-2H3,(H2,18,19,20);1H. The highest BCUT2D eigenvalue weighted by atomic mass is 127. The van der Waals surface area contributed by atoms with E-state index in [9.17, 15) is 4.39 Å². The summed E-state index contributed by atoms with van der Waals surface area (Å²) in [5.74, 6) is 0.467. The Morgan fingerprint density at radius 3 is 2.73 bits per heavy atom. The molecule has 0 heterocycles. The van der Waals surface area contributed by atoms with Crippen LogP contribution in [0, 0.1) is 5.82 Å². The predicted molar refractivity (Wildman–Crippen MR) is 103 cm³/mol. The molecule has 0 aliphatic carbocycles. The van der Waals surface area contributed by atoms with Crippen LogP contribution in [0.4, 0.5) is 4.39 Å². The molecule has 126 valence electrons. The van der Waals surface area contributed by atoms with Crippen LogP contribution in [-0.4, -0.2) is 32.3 Å². The Hall–Kier alpha value is -0.410. The van der Waals surface area contributed by atoms with Crippen LogP contribution in [0.1, 0.15) is 25.8 Å². The first-order valence-electron chi connectivity index (χ1n) is 7.21. The van der Waals surface area contributed by atoms with Crippen LogP contribution < -0.4 is 10.6 Å². The zero-order valence-electron chi connectivity index (χ0n) is 13.0. The van der Waals surface area contributed by atoms with E-state index in [0.29, 0.717) is 11.0 Å². The molecule has 0 aliphatic heterocycles. The van der Waals surface area contributed by atoms with E-state index in [2.05, 4.69) is 31.6 Å². The third kappa shape index (κ3) is 8.89. The largest absolute Gasteiger partial charge is 0.382 e. The molecule has 0 unspecified atom stereocenters. The van der Waals surface area contributed by atoms with Crippen molar-refractivity contribution < 1.29 is 9.13 Å². The lowest BCUT2D eigenvalue weighted by Gasteiger charge is -2.11. The average Bonchev–Trinajstić information content (AvgIpc) is 2.48. The number of ether oxygens (including phenoxy) is 1. The molecule has 0 aliphatic rings. The van der Waals surface area contributed by atoms with Gasteiger partial charge in [-0.1, -0.05) is 6.07 Å². The highest BCUT2D eigenvalue weighted by molar-refractivity contribution is 14.0. The van der Waals surface area contributed by atoms with E-state index in [-0.39, 0.29) is 29.8 Å². The lowest BCUT2D eigenvalue weighted by molar-refractivity contribution is 0.145. The summed E-state index contributed by atoms with van der Waals surface area (Å²) in [5.41, 5.74) is 0.835. The summed E-state index contributed by atoms with van der Waals surface area (Å²) in [7, 11) is 0. The van der Waals surface area contributed by atoms with Crippen LogP contribution in [0.25, 0.3) is 0 Å². The van der Waals surface area contributed by atoms with Gasteiger partial charge in [-0.3, -0.25) is 0 Å². The molecule has 4 nitrogen and oxygen atoms in total. The second-order valence-electron chi connectivity index (χ2n) is 4.42. The van der Waals surface area contributed by atoms with E-state index in [0.717, 1.165) is 44.2 Å². The summed E-state index contributed by atoms with van der Waals surface area (Å²) in [6, 6.07) is 5.05. The SMILES string of the molecule is CCNC(=NCc1ccc(Br)c(F)c1)NCCCOCC.I. The molecule has 0 amide bonds. The zero-order valence-corrected chi connectivity index (χ0v) is 16.9. The van der Waals surface area contributed by atoms with Gasteiger partial charge in [-0.15, -0.1) is 24.0 Å². The smallest absolute Gasteiger partial charge is 0.191 e. The summed E-state index contributed by atoms with van der Waals surface area (Å²) in [5, 5.41) is 6.40. The number of guanidine groups is 1. The number of nitrogens with zero attached hydrogens (tertiary/aromatic N) is 1. The lowest BCUT2D eigenvalue weighted by Crippen LogP contribution is -2.38. The van der Waals surface area contributed by atoms with Gasteiger partial charge in [0.1, 0.15) is 5.82 Å². The van der Waals surface area contributed by atoms with E-state index in [1.807, 2.05) is 19.9 Å². The molecule has 0 fully saturated rings. The molecular formula is C15H24BrFIN3O. The van der Waals surface area contributed by atoms with E-state index >= 15 is 0 Å². The Bertz CT molecular complexity index is 460. The van der Waals surface area contributed by atoms with Gasteiger partial charge in [0, 0.05) is 26.3 Å². The van der Waals surface area contributed by atoms with Crippen LogP contribution in [-0.2, 0) is 11.3 Å². The molecule has 2 N–H and O–H groups in total. The van der Waals surface area contributed by atoms with E-state index in [1.54, 1.807) is 6.07 Å².